The molecule has 14 heavy (non-hydrogen) atoms. The van der Waals surface area contributed by atoms with Crippen LogP contribution in [0.25, 0.3) is 17.1 Å². The SMILES string of the molecule is Cn1c2c(c3cccnc31)C=CCN2. The first-order chi connectivity index (χ1) is 6.88. The molecule has 0 aliphatic carbocycles. The maximum atomic E-state index is 4.37. The van der Waals surface area contributed by atoms with Gasteiger partial charge < -0.3 is 9.88 Å². The van der Waals surface area contributed by atoms with Crippen molar-refractivity contribution in [2.45, 2.75) is 0 Å². The van der Waals surface area contributed by atoms with E-state index in [-0.39, 0.29) is 0 Å². The molecule has 0 aromatic carbocycles. The van der Waals surface area contributed by atoms with Crippen LogP contribution in [0.15, 0.2) is 24.4 Å². The lowest BCUT2D eigenvalue weighted by atomic mass is 10.1. The van der Waals surface area contributed by atoms with Crippen molar-refractivity contribution < 1.29 is 0 Å². The third-order valence-electron chi connectivity index (χ3n) is 2.66. The molecule has 1 N–H and O–H groups in total. The van der Waals surface area contributed by atoms with E-state index in [1.807, 2.05) is 19.3 Å². The van der Waals surface area contributed by atoms with Crippen LogP contribution in [-0.4, -0.2) is 16.1 Å². The first-order valence-electron chi connectivity index (χ1n) is 4.72. The van der Waals surface area contributed by atoms with Crippen LogP contribution in [0.3, 0.4) is 0 Å². The third kappa shape index (κ3) is 0.839. The molecule has 0 radical (unpaired) electrons. The second-order valence-electron chi connectivity index (χ2n) is 3.48. The van der Waals surface area contributed by atoms with Crippen LogP contribution in [0.1, 0.15) is 5.56 Å². The summed E-state index contributed by atoms with van der Waals surface area (Å²) in [6, 6.07) is 4.09. The number of nitrogens with zero attached hydrogens (tertiary/aromatic N) is 2. The van der Waals surface area contributed by atoms with Crippen molar-refractivity contribution in [3.8, 4) is 0 Å². The quantitative estimate of drug-likeness (QED) is 0.680. The van der Waals surface area contributed by atoms with Crippen molar-refractivity contribution in [1.29, 1.82) is 0 Å². The molecule has 3 rings (SSSR count). The third-order valence-corrected chi connectivity index (χ3v) is 2.66. The number of nitrogens with one attached hydrogen (secondary N) is 1. The number of rotatable bonds is 0. The van der Waals surface area contributed by atoms with E-state index in [2.05, 4.69) is 33.1 Å². The molecule has 0 saturated heterocycles. The molecule has 0 bridgehead atoms. The Morgan fingerprint density at radius 2 is 2.43 bits per heavy atom. The molecular weight excluding hydrogens is 174 g/mol. The Balaban J connectivity index is 2.48. The fourth-order valence-electron chi connectivity index (χ4n) is 2.00. The van der Waals surface area contributed by atoms with Gasteiger partial charge in [0, 0.05) is 30.7 Å². The summed E-state index contributed by atoms with van der Waals surface area (Å²) in [5.74, 6) is 1.17. The van der Waals surface area contributed by atoms with Crippen molar-refractivity contribution in [3.63, 3.8) is 0 Å². The van der Waals surface area contributed by atoms with Crippen LogP contribution in [-0.2, 0) is 7.05 Å². The average molecular weight is 185 g/mol. The van der Waals surface area contributed by atoms with Gasteiger partial charge in [-0.2, -0.15) is 0 Å². The van der Waals surface area contributed by atoms with E-state index in [1.165, 1.54) is 16.8 Å². The van der Waals surface area contributed by atoms with Crippen molar-refractivity contribution in [3.05, 3.63) is 30.0 Å². The van der Waals surface area contributed by atoms with Gasteiger partial charge in [0.15, 0.2) is 0 Å². The highest BCUT2D eigenvalue weighted by Gasteiger charge is 2.14. The van der Waals surface area contributed by atoms with E-state index in [0.29, 0.717) is 0 Å². The van der Waals surface area contributed by atoms with E-state index in [9.17, 15) is 0 Å². The highest BCUT2D eigenvalue weighted by atomic mass is 15.1. The Hall–Kier alpha value is -1.77. The van der Waals surface area contributed by atoms with Crippen molar-refractivity contribution >= 4 is 22.9 Å². The molecule has 0 fully saturated rings. The second kappa shape index (κ2) is 2.61. The zero-order valence-corrected chi connectivity index (χ0v) is 7.99. The Morgan fingerprint density at radius 3 is 3.36 bits per heavy atom. The number of hydrogen-bond acceptors (Lipinski definition) is 2. The molecular formula is C11H11N3. The standard InChI is InChI=1S/C11H11N3/c1-14-10-8(4-2-6-12-10)9-5-3-7-13-11(9)14/h2-6,13H,7H2,1H3. The van der Waals surface area contributed by atoms with Gasteiger partial charge in [0.1, 0.15) is 11.5 Å². The molecule has 0 atom stereocenters. The summed E-state index contributed by atoms with van der Waals surface area (Å²) in [4.78, 5) is 4.37. The number of pyridine rings is 1. The first-order valence-corrected chi connectivity index (χ1v) is 4.72. The highest BCUT2D eigenvalue weighted by Crippen LogP contribution is 2.30. The lowest BCUT2D eigenvalue weighted by Gasteiger charge is -2.10. The summed E-state index contributed by atoms with van der Waals surface area (Å²) in [5, 5.41) is 4.57. The zero-order chi connectivity index (χ0) is 9.54. The zero-order valence-electron chi connectivity index (χ0n) is 7.99. The molecule has 70 valence electrons. The van der Waals surface area contributed by atoms with Crippen molar-refractivity contribution in [2.24, 2.45) is 7.05 Å². The largest absolute Gasteiger partial charge is 0.367 e. The smallest absolute Gasteiger partial charge is 0.141 e. The van der Waals surface area contributed by atoms with E-state index >= 15 is 0 Å². The Bertz CT molecular complexity index is 523. The Morgan fingerprint density at radius 1 is 1.50 bits per heavy atom. The van der Waals surface area contributed by atoms with E-state index in [0.717, 1.165) is 12.2 Å². The van der Waals surface area contributed by atoms with Gasteiger partial charge in [-0.05, 0) is 12.1 Å². The minimum atomic E-state index is 0.900. The van der Waals surface area contributed by atoms with Crippen LogP contribution in [0, 0.1) is 0 Å². The van der Waals surface area contributed by atoms with E-state index in [4.69, 9.17) is 0 Å². The number of hydrogen-bond donors (Lipinski definition) is 1. The van der Waals surface area contributed by atoms with Gasteiger partial charge in [-0.3, -0.25) is 0 Å². The summed E-state index contributed by atoms with van der Waals surface area (Å²) < 4.78 is 2.11. The number of aryl methyl sites for hydroxylation is 1. The van der Waals surface area contributed by atoms with Crippen molar-refractivity contribution in [2.75, 3.05) is 11.9 Å². The fourth-order valence-corrected chi connectivity index (χ4v) is 2.00. The maximum absolute atomic E-state index is 4.37. The van der Waals surface area contributed by atoms with Crippen LogP contribution >= 0.6 is 0 Å². The van der Waals surface area contributed by atoms with Crippen LogP contribution in [0.2, 0.25) is 0 Å². The summed E-state index contributed by atoms with van der Waals surface area (Å²) in [6.45, 7) is 0.900. The van der Waals surface area contributed by atoms with Gasteiger partial charge in [0.25, 0.3) is 0 Å². The number of anilines is 1. The van der Waals surface area contributed by atoms with Crippen LogP contribution in [0.4, 0.5) is 5.82 Å². The molecule has 0 spiro atoms. The average Bonchev–Trinajstić information content (AvgIpc) is 2.55. The summed E-state index contributed by atoms with van der Waals surface area (Å²) >= 11 is 0. The first kappa shape index (κ1) is 7.62. The van der Waals surface area contributed by atoms with Gasteiger partial charge >= 0.3 is 0 Å². The topological polar surface area (TPSA) is 29.9 Å². The Labute approximate surface area is 82.1 Å². The molecule has 2 aromatic heterocycles. The van der Waals surface area contributed by atoms with Gasteiger partial charge in [-0.1, -0.05) is 12.2 Å². The minimum Gasteiger partial charge on any atom is -0.367 e. The van der Waals surface area contributed by atoms with Crippen LogP contribution < -0.4 is 5.32 Å². The molecule has 1 aliphatic rings. The molecule has 3 nitrogen and oxygen atoms in total. The highest BCUT2D eigenvalue weighted by molar-refractivity contribution is 5.94. The lowest BCUT2D eigenvalue weighted by molar-refractivity contribution is 0.943. The van der Waals surface area contributed by atoms with E-state index < -0.39 is 0 Å². The molecule has 3 heterocycles. The predicted octanol–water partition coefficient (Wildman–Crippen LogP) is 2.01. The Kier molecular flexibility index (Phi) is 1.42. The fraction of sp³-hybridized carbons (Fsp3) is 0.182. The monoisotopic (exact) mass is 185 g/mol. The van der Waals surface area contributed by atoms with Crippen molar-refractivity contribution in [1.82, 2.24) is 9.55 Å². The molecule has 0 amide bonds. The number of aromatic nitrogens is 2. The lowest BCUT2D eigenvalue weighted by Crippen LogP contribution is -2.07. The normalized spacial score (nSPS) is 14.1. The molecule has 0 saturated carbocycles. The van der Waals surface area contributed by atoms with Gasteiger partial charge in [-0.25, -0.2) is 4.98 Å². The molecule has 3 heteroatoms. The molecule has 0 unspecified atom stereocenters. The van der Waals surface area contributed by atoms with Gasteiger partial charge in [0.2, 0.25) is 0 Å². The van der Waals surface area contributed by atoms with Crippen LogP contribution in [0.5, 0.6) is 0 Å². The summed E-state index contributed by atoms with van der Waals surface area (Å²) in [5.41, 5.74) is 2.29. The summed E-state index contributed by atoms with van der Waals surface area (Å²) in [6.07, 6.45) is 6.13. The predicted molar refractivity (Wildman–Crippen MR) is 58.2 cm³/mol. The second-order valence-corrected chi connectivity index (χ2v) is 3.48. The number of fused-ring (bicyclic) bond motifs is 3. The maximum Gasteiger partial charge on any atom is 0.141 e. The summed E-state index contributed by atoms with van der Waals surface area (Å²) in [7, 11) is 2.04. The van der Waals surface area contributed by atoms with Gasteiger partial charge in [0.05, 0.1) is 0 Å². The van der Waals surface area contributed by atoms with Gasteiger partial charge in [-0.15, -0.1) is 0 Å². The van der Waals surface area contributed by atoms with E-state index in [1.54, 1.807) is 0 Å². The molecule has 1 aliphatic heterocycles. The minimum absolute atomic E-state index is 0.900. The molecule has 2 aromatic rings.